The van der Waals surface area contributed by atoms with E-state index in [-0.39, 0.29) is 31.1 Å². The Morgan fingerprint density at radius 3 is 1.51 bits per heavy atom. The van der Waals surface area contributed by atoms with Crippen LogP contribution < -0.4 is 10.6 Å². The molecule has 3 rings (SSSR count). The lowest BCUT2D eigenvalue weighted by atomic mass is 10.1. The van der Waals surface area contributed by atoms with Crippen LogP contribution in [0.1, 0.15) is 21.5 Å². The van der Waals surface area contributed by atoms with E-state index in [0.29, 0.717) is 111 Å². The van der Waals surface area contributed by atoms with Gasteiger partial charge in [0.15, 0.2) is 0 Å². The molecule has 3 aromatic carbocycles. The summed E-state index contributed by atoms with van der Waals surface area (Å²) in [7, 11) is 0. The number of nitrogens with one attached hydrogen (secondary N) is 2. The fourth-order valence-corrected chi connectivity index (χ4v) is 4.61. The molecule has 2 N–H and O–H groups in total. The second-order valence-corrected chi connectivity index (χ2v) is 11.8. The van der Waals surface area contributed by atoms with E-state index in [9.17, 15) is 22.8 Å². The zero-order chi connectivity index (χ0) is 40.7. The predicted octanol–water partition coefficient (Wildman–Crippen LogP) is 5.67. The van der Waals surface area contributed by atoms with Gasteiger partial charge < -0.3 is 58.0 Å². The van der Waals surface area contributed by atoms with Gasteiger partial charge in [0.2, 0.25) is 0 Å². The summed E-state index contributed by atoms with van der Waals surface area (Å²) in [5.74, 6) is -0.634. The van der Waals surface area contributed by atoms with Crippen molar-refractivity contribution in [1.29, 1.82) is 0 Å². The van der Waals surface area contributed by atoms with Gasteiger partial charge in [-0.15, -0.1) is 0 Å². The Hall–Kier alpha value is -4.33. The number of hydrogen-bond acceptors (Lipinski definition) is 13. The number of carbonyl (C=O) groups is 2. The molecular weight excluding hydrogens is 757 g/mol. The summed E-state index contributed by atoms with van der Waals surface area (Å²) in [6.07, 6.45) is -4.97. The number of rotatable bonds is 32. The maximum absolute atomic E-state index is 13.1. The molecule has 0 fully saturated rings. The zero-order valence-corrected chi connectivity index (χ0v) is 32.0. The van der Waals surface area contributed by atoms with Crippen molar-refractivity contribution in [1.82, 2.24) is 5.32 Å². The highest BCUT2D eigenvalue weighted by Gasteiger charge is 2.30. The van der Waals surface area contributed by atoms with Crippen LogP contribution >= 0.6 is 0 Å². The number of carbonyl (C=O) groups excluding carboxylic acids is 2. The highest BCUT2D eigenvalue weighted by atomic mass is 19.4. The van der Waals surface area contributed by atoms with Crippen molar-refractivity contribution in [2.75, 3.05) is 124 Å². The third kappa shape index (κ3) is 22.9. The first kappa shape index (κ1) is 47.0. The lowest BCUT2D eigenvalue weighted by Gasteiger charge is -2.13. The highest BCUT2D eigenvalue weighted by Crippen LogP contribution is 2.32. The van der Waals surface area contributed by atoms with Crippen LogP contribution in [0, 0.1) is 0 Å². The largest absolute Gasteiger partial charge is 0.460 e. The van der Waals surface area contributed by atoms with E-state index in [1.807, 2.05) is 30.3 Å². The second kappa shape index (κ2) is 29.8. The molecule has 0 aliphatic rings. The van der Waals surface area contributed by atoms with Gasteiger partial charge in [0.25, 0.3) is 0 Å². The topological polar surface area (TPSA) is 151 Å². The summed E-state index contributed by atoms with van der Waals surface area (Å²) in [5, 5.41) is 5.49. The van der Waals surface area contributed by atoms with Gasteiger partial charge in [-0.25, -0.2) is 9.59 Å². The molecule has 0 aliphatic heterocycles. The van der Waals surface area contributed by atoms with Crippen molar-refractivity contribution in [3.05, 3.63) is 95.6 Å². The maximum Gasteiger partial charge on any atom is 0.416 e. The first-order chi connectivity index (χ1) is 27.8. The van der Waals surface area contributed by atoms with E-state index < -0.39 is 23.8 Å². The van der Waals surface area contributed by atoms with Crippen LogP contribution in [0.4, 0.5) is 29.3 Å². The molecule has 0 atom stereocenters. The fraction of sp³-hybridized carbons (Fsp3) is 0.500. The van der Waals surface area contributed by atoms with E-state index in [1.54, 1.807) is 18.2 Å². The first-order valence-electron chi connectivity index (χ1n) is 18.6. The number of benzene rings is 3. The molecule has 316 valence electrons. The predicted molar refractivity (Wildman–Crippen MR) is 203 cm³/mol. The number of esters is 1. The molecule has 14 nitrogen and oxygen atoms in total. The van der Waals surface area contributed by atoms with Gasteiger partial charge in [-0.05, 0) is 35.9 Å². The molecule has 0 aliphatic carbocycles. The number of ether oxygens (including phenoxy) is 10. The third-order valence-electron chi connectivity index (χ3n) is 7.41. The Labute approximate surface area is 331 Å². The summed E-state index contributed by atoms with van der Waals surface area (Å²) in [6.45, 7) is 6.75. The van der Waals surface area contributed by atoms with Crippen LogP contribution in [0.25, 0.3) is 0 Å². The van der Waals surface area contributed by atoms with Gasteiger partial charge in [-0.2, -0.15) is 13.2 Å². The van der Waals surface area contributed by atoms with Gasteiger partial charge in [-0.1, -0.05) is 48.5 Å². The molecule has 0 spiro atoms. The van der Waals surface area contributed by atoms with Crippen LogP contribution in [0.15, 0.2) is 78.9 Å². The smallest absolute Gasteiger partial charge is 0.416 e. The number of anilines is 2. The molecule has 0 radical (unpaired) electrons. The molecule has 0 bridgehead atoms. The van der Waals surface area contributed by atoms with E-state index in [2.05, 4.69) is 10.6 Å². The van der Waals surface area contributed by atoms with E-state index in [1.165, 1.54) is 18.2 Å². The molecule has 3 aromatic rings. The first-order valence-corrected chi connectivity index (χ1v) is 18.6. The standard InChI is InChI=1S/C40H53F3N2O12/c41-40(42,43)34-9-6-10-35(31-34)45-37-12-5-4-11-36(37)38(46)56-30-29-55-28-27-54-26-25-53-24-23-52-22-21-51-20-19-50-18-17-49-16-15-48-14-13-44-39(47)57-32-33-7-2-1-3-8-33/h1-12,31,45H,13-30,32H2,(H,44,47). The number of alkyl carbamates (subject to hydrolysis) is 1. The second-order valence-electron chi connectivity index (χ2n) is 11.8. The molecule has 0 unspecified atom stereocenters. The minimum atomic E-state index is -4.48. The number of amides is 1. The summed E-state index contributed by atoms with van der Waals surface area (Å²) in [5.41, 5.74) is 0.814. The number of hydrogen-bond donors (Lipinski definition) is 2. The quantitative estimate of drug-likeness (QED) is 0.0590. The van der Waals surface area contributed by atoms with Crippen LogP contribution in [0.5, 0.6) is 0 Å². The monoisotopic (exact) mass is 810 g/mol. The van der Waals surface area contributed by atoms with Crippen molar-refractivity contribution in [2.24, 2.45) is 0 Å². The van der Waals surface area contributed by atoms with Gasteiger partial charge in [0.1, 0.15) is 13.2 Å². The Bertz CT molecular complexity index is 1500. The number of alkyl halides is 3. The summed E-state index contributed by atoms with van der Waals surface area (Å²) in [6, 6.07) is 20.6. The summed E-state index contributed by atoms with van der Waals surface area (Å²) < 4.78 is 93.2. The Morgan fingerprint density at radius 1 is 0.509 bits per heavy atom. The lowest BCUT2D eigenvalue weighted by molar-refractivity contribution is -0.137. The molecule has 57 heavy (non-hydrogen) atoms. The average molecular weight is 811 g/mol. The minimum absolute atomic E-state index is 0.00846. The summed E-state index contributed by atoms with van der Waals surface area (Å²) >= 11 is 0. The molecule has 0 saturated carbocycles. The Morgan fingerprint density at radius 2 is 0.982 bits per heavy atom. The van der Waals surface area contributed by atoms with Crippen molar-refractivity contribution in [2.45, 2.75) is 12.8 Å². The molecule has 1 amide bonds. The van der Waals surface area contributed by atoms with Crippen molar-refractivity contribution in [3.8, 4) is 0 Å². The van der Waals surface area contributed by atoms with E-state index in [0.717, 1.165) is 17.7 Å². The lowest BCUT2D eigenvalue weighted by Crippen LogP contribution is -2.28. The number of para-hydroxylation sites is 1. The molecule has 0 heterocycles. The van der Waals surface area contributed by atoms with E-state index >= 15 is 0 Å². The fourth-order valence-electron chi connectivity index (χ4n) is 4.61. The third-order valence-corrected chi connectivity index (χ3v) is 7.41. The van der Waals surface area contributed by atoms with Crippen LogP contribution in [-0.2, 0) is 60.2 Å². The van der Waals surface area contributed by atoms with Gasteiger partial charge in [0.05, 0.1) is 123 Å². The van der Waals surface area contributed by atoms with Crippen molar-refractivity contribution < 1.29 is 70.1 Å². The highest BCUT2D eigenvalue weighted by molar-refractivity contribution is 5.96. The van der Waals surface area contributed by atoms with Crippen molar-refractivity contribution in [3.63, 3.8) is 0 Å². The van der Waals surface area contributed by atoms with Gasteiger partial charge in [-0.3, -0.25) is 0 Å². The van der Waals surface area contributed by atoms with Crippen LogP contribution in [0.2, 0.25) is 0 Å². The molecule has 0 saturated heterocycles. The zero-order valence-electron chi connectivity index (χ0n) is 32.0. The van der Waals surface area contributed by atoms with Gasteiger partial charge in [0, 0.05) is 12.2 Å². The van der Waals surface area contributed by atoms with Crippen molar-refractivity contribution >= 4 is 23.4 Å². The Kier molecular flexibility index (Phi) is 24.6. The average Bonchev–Trinajstić information content (AvgIpc) is 3.21. The molecule has 17 heteroatoms. The van der Waals surface area contributed by atoms with Crippen LogP contribution in [0.3, 0.4) is 0 Å². The Balaban J connectivity index is 1.00. The maximum atomic E-state index is 13.1. The van der Waals surface area contributed by atoms with Crippen LogP contribution in [-0.4, -0.2) is 131 Å². The molecular formula is C40H53F3N2O12. The van der Waals surface area contributed by atoms with Gasteiger partial charge >= 0.3 is 18.2 Å². The molecule has 0 aromatic heterocycles. The summed E-state index contributed by atoms with van der Waals surface area (Å²) in [4.78, 5) is 24.3. The normalized spacial score (nSPS) is 11.4. The number of halogens is 3. The SMILES string of the molecule is O=C(NCCOCCOCCOCCOCCOCCOCCOCCOCCOC(=O)c1ccccc1Nc1cccc(C(F)(F)F)c1)OCc1ccccc1. The minimum Gasteiger partial charge on any atom is -0.460 e. The van der Waals surface area contributed by atoms with E-state index in [4.69, 9.17) is 47.4 Å².